The van der Waals surface area contributed by atoms with Gasteiger partial charge in [-0.3, -0.25) is 9.40 Å². The molecule has 21 heavy (non-hydrogen) atoms. The van der Waals surface area contributed by atoms with Crippen molar-refractivity contribution in [2.45, 2.75) is 37.6 Å². The lowest BCUT2D eigenvalue weighted by molar-refractivity contribution is 0.603. The van der Waals surface area contributed by atoms with Crippen LogP contribution >= 0.6 is 11.3 Å². The van der Waals surface area contributed by atoms with Crippen LogP contribution in [0.25, 0.3) is 0 Å². The smallest absolute Gasteiger partial charge is 0.271 e. The first-order valence-electron chi connectivity index (χ1n) is 6.88. The summed E-state index contributed by atoms with van der Waals surface area (Å²) in [6, 6.07) is 1.71. The molecule has 0 bridgehead atoms. The van der Waals surface area contributed by atoms with E-state index >= 15 is 0 Å². The Hall–Kier alpha value is -1.38. The van der Waals surface area contributed by atoms with Crippen molar-refractivity contribution in [1.29, 1.82) is 0 Å². The molecule has 0 aliphatic rings. The zero-order valence-electron chi connectivity index (χ0n) is 12.2. The Bertz CT molecular complexity index is 676. The summed E-state index contributed by atoms with van der Waals surface area (Å²) in [7, 11) is -3.53. The number of sulfonamides is 1. The van der Waals surface area contributed by atoms with E-state index in [1.165, 1.54) is 17.5 Å². The van der Waals surface area contributed by atoms with E-state index in [-0.39, 0.29) is 0 Å². The zero-order valence-corrected chi connectivity index (χ0v) is 13.8. The Morgan fingerprint density at radius 3 is 2.86 bits per heavy atom. The molecule has 0 fully saturated rings. The Balaban J connectivity index is 2.05. The van der Waals surface area contributed by atoms with E-state index in [0.29, 0.717) is 23.0 Å². The zero-order chi connectivity index (χ0) is 15.3. The topological polar surface area (TPSA) is 76.0 Å². The molecule has 2 N–H and O–H groups in total. The van der Waals surface area contributed by atoms with E-state index in [9.17, 15) is 8.42 Å². The van der Waals surface area contributed by atoms with Gasteiger partial charge in [-0.25, -0.2) is 8.42 Å². The summed E-state index contributed by atoms with van der Waals surface area (Å²) in [4.78, 5) is 0. The molecule has 6 nitrogen and oxygen atoms in total. The molecule has 0 saturated heterocycles. The van der Waals surface area contributed by atoms with Gasteiger partial charge in [0.1, 0.15) is 4.21 Å². The highest BCUT2D eigenvalue weighted by Crippen LogP contribution is 2.23. The van der Waals surface area contributed by atoms with Gasteiger partial charge >= 0.3 is 0 Å². The molecule has 0 unspecified atom stereocenters. The SMILES string of the molecule is CCCNCc1csc(S(=O)(=O)Nc2cnn(CC)c2)c1. The maximum atomic E-state index is 12.3. The highest BCUT2D eigenvalue weighted by Gasteiger charge is 2.17. The molecule has 116 valence electrons. The third kappa shape index (κ3) is 4.29. The Morgan fingerprint density at radius 2 is 2.19 bits per heavy atom. The van der Waals surface area contributed by atoms with Gasteiger partial charge in [0.15, 0.2) is 0 Å². The molecular weight excluding hydrogens is 308 g/mol. The molecule has 0 atom stereocenters. The van der Waals surface area contributed by atoms with Crippen molar-refractivity contribution < 1.29 is 8.42 Å². The molecule has 2 rings (SSSR count). The standard InChI is InChI=1S/C13H20N4O2S2/c1-3-5-14-7-11-6-13(20-10-11)21(18,19)16-12-8-15-17(4-2)9-12/h6,8-10,14,16H,3-5,7H2,1-2H3. The summed E-state index contributed by atoms with van der Waals surface area (Å²) < 4.78 is 29.1. The van der Waals surface area contributed by atoms with Crippen LogP contribution in [0.3, 0.4) is 0 Å². The number of nitrogens with zero attached hydrogens (tertiary/aromatic N) is 2. The normalized spacial score (nSPS) is 11.7. The largest absolute Gasteiger partial charge is 0.313 e. The lowest BCUT2D eigenvalue weighted by atomic mass is 10.3. The van der Waals surface area contributed by atoms with E-state index < -0.39 is 10.0 Å². The third-order valence-electron chi connectivity index (χ3n) is 2.86. The molecular formula is C13H20N4O2S2. The summed E-state index contributed by atoms with van der Waals surface area (Å²) in [5.74, 6) is 0. The van der Waals surface area contributed by atoms with Gasteiger partial charge in [-0.1, -0.05) is 6.92 Å². The van der Waals surface area contributed by atoms with Crippen molar-refractivity contribution in [2.75, 3.05) is 11.3 Å². The van der Waals surface area contributed by atoms with Gasteiger partial charge in [0.25, 0.3) is 10.0 Å². The van der Waals surface area contributed by atoms with E-state index in [0.717, 1.165) is 18.5 Å². The average molecular weight is 328 g/mol. The Morgan fingerprint density at radius 1 is 1.38 bits per heavy atom. The first-order valence-corrected chi connectivity index (χ1v) is 9.25. The molecule has 0 amide bonds. The number of rotatable bonds is 8. The number of hydrogen-bond donors (Lipinski definition) is 2. The quantitative estimate of drug-likeness (QED) is 0.729. The van der Waals surface area contributed by atoms with Gasteiger partial charge in [-0.15, -0.1) is 11.3 Å². The predicted molar refractivity (Wildman–Crippen MR) is 85.0 cm³/mol. The number of aromatic nitrogens is 2. The number of thiophene rings is 1. The van der Waals surface area contributed by atoms with Gasteiger partial charge in [0, 0.05) is 19.3 Å². The lowest BCUT2D eigenvalue weighted by Crippen LogP contribution is -2.13. The van der Waals surface area contributed by atoms with Crippen molar-refractivity contribution in [3.8, 4) is 0 Å². The first kappa shape index (κ1) is 16.0. The maximum absolute atomic E-state index is 12.3. The van der Waals surface area contributed by atoms with Gasteiger partial charge in [0.2, 0.25) is 0 Å². The molecule has 2 aromatic heterocycles. The van der Waals surface area contributed by atoms with Crippen LogP contribution in [0, 0.1) is 0 Å². The van der Waals surface area contributed by atoms with Crippen molar-refractivity contribution in [1.82, 2.24) is 15.1 Å². The minimum absolute atomic E-state index is 0.319. The summed E-state index contributed by atoms with van der Waals surface area (Å²) in [5, 5.41) is 9.17. The van der Waals surface area contributed by atoms with Crippen LogP contribution in [0.15, 0.2) is 28.0 Å². The van der Waals surface area contributed by atoms with Crippen LogP contribution < -0.4 is 10.0 Å². The fourth-order valence-corrected chi connectivity index (χ4v) is 4.03. The fraction of sp³-hybridized carbons (Fsp3) is 0.462. The fourth-order valence-electron chi connectivity index (χ4n) is 1.79. The minimum Gasteiger partial charge on any atom is -0.313 e. The molecule has 0 aromatic carbocycles. The molecule has 0 radical (unpaired) electrons. The van der Waals surface area contributed by atoms with Crippen LogP contribution in [0.5, 0.6) is 0 Å². The molecule has 0 aliphatic heterocycles. The van der Waals surface area contributed by atoms with E-state index in [2.05, 4.69) is 22.1 Å². The van der Waals surface area contributed by atoms with E-state index in [1.807, 2.05) is 12.3 Å². The summed E-state index contributed by atoms with van der Waals surface area (Å²) >= 11 is 1.23. The number of nitrogens with one attached hydrogen (secondary N) is 2. The monoisotopic (exact) mass is 328 g/mol. The van der Waals surface area contributed by atoms with E-state index in [4.69, 9.17) is 0 Å². The highest BCUT2D eigenvalue weighted by atomic mass is 32.2. The second kappa shape index (κ2) is 7.06. The number of aryl methyl sites for hydroxylation is 1. The van der Waals surface area contributed by atoms with Gasteiger partial charge in [-0.2, -0.15) is 5.10 Å². The minimum atomic E-state index is -3.53. The molecule has 2 heterocycles. The number of hydrogen-bond acceptors (Lipinski definition) is 5. The summed E-state index contributed by atoms with van der Waals surface area (Å²) in [5.41, 5.74) is 1.47. The molecule has 8 heteroatoms. The van der Waals surface area contributed by atoms with Crippen LogP contribution in [-0.2, 0) is 23.1 Å². The second-order valence-electron chi connectivity index (χ2n) is 4.64. The van der Waals surface area contributed by atoms with Crippen molar-refractivity contribution in [3.05, 3.63) is 29.4 Å². The Kier molecular flexibility index (Phi) is 5.38. The summed E-state index contributed by atoms with van der Waals surface area (Å²) in [6.07, 6.45) is 4.24. The molecule has 0 aliphatic carbocycles. The van der Waals surface area contributed by atoms with Crippen LogP contribution in [0.4, 0.5) is 5.69 Å². The van der Waals surface area contributed by atoms with Crippen LogP contribution in [-0.4, -0.2) is 24.7 Å². The highest BCUT2D eigenvalue weighted by molar-refractivity contribution is 7.94. The predicted octanol–water partition coefficient (Wildman–Crippen LogP) is 2.26. The van der Waals surface area contributed by atoms with Gasteiger partial charge in [0.05, 0.1) is 11.9 Å². The van der Waals surface area contributed by atoms with E-state index in [1.54, 1.807) is 16.9 Å². The Labute approximate surface area is 129 Å². The second-order valence-corrected chi connectivity index (χ2v) is 7.46. The number of anilines is 1. The van der Waals surface area contributed by atoms with Gasteiger partial charge in [-0.05, 0) is 36.9 Å². The molecule has 0 saturated carbocycles. The maximum Gasteiger partial charge on any atom is 0.271 e. The lowest BCUT2D eigenvalue weighted by Gasteiger charge is -2.03. The van der Waals surface area contributed by atoms with Crippen molar-refractivity contribution in [2.24, 2.45) is 0 Å². The first-order chi connectivity index (χ1) is 10.0. The molecule has 0 spiro atoms. The van der Waals surface area contributed by atoms with Gasteiger partial charge < -0.3 is 5.32 Å². The summed E-state index contributed by atoms with van der Waals surface area (Å²) in [6.45, 7) is 6.35. The van der Waals surface area contributed by atoms with Crippen molar-refractivity contribution >= 4 is 27.0 Å². The van der Waals surface area contributed by atoms with Crippen molar-refractivity contribution in [3.63, 3.8) is 0 Å². The van der Waals surface area contributed by atoms with Crippen LogP contribution in [0.1, 0.15) is 25.8 Å². The van der Waals surface area contributed by atoms with Crippen LogP contribution in [0.2, 0.25) is 0 Å². The third-order valence-corrected chi connectivity index (χ3v) is 5.73. The molecule has 2 aromatic rings. The average Bonchev–Trinajstić information content (AvgIpc) is 3.08.